The Bertz CT molecular complexity index is 976. The molecule has 0 saturated heterocycles. The highest BCUT2D eigenvalue weighted by molar-refractivity contribution is 5.94. The van der Waals surface area contributed by atoms with Gasteiger partial charge in [-0.1, -0.05) is 29.4 Å². The number of carbonyl (C=O) groups excluding carboxylic acids is 2. The standard InChI is InChI=1S/C18H12N4O4/c19-10-12-5-4-8-14(9-12)17(24)25-11-15(23)20-18-22-21-16(26-18)13-6-2-1-3-7-13/h1-9H,11H2,(H,20,22,23). The van der Waals surface area contributed by atoms with E-state index >= 15 is 0 Å². The molecule has 0 saturated carbocycles. The van der Waals surface area contributed by atoms with Crippen LogP contribution in [0.1, 0.15) is 15.9 Å². The van der Waals surface area contributed by atoms with E-state index in [0.717, 1.165) is 0 Å². The lowest BCUT2D eigenvalue weighted by Crippen LogP contribution is -2.21. The van der Waals surface area contributed by atoms with Crippen LogP contribution in [-0.2, 0) is 9.53 Å². The molecule has 8 nitrogen and oxygen atoms in total. The van der Waals surface area contributed by atoms with Crippen molar-refractivity contribution in [3.8, 4) is 17.5 Å². The third-order valence-electron chi connectivity index (χ3n) is 3.25. The van der Waals surface area contributed by atoms with Crippen molar-refractivity contribution < 1.29 is 18.7 Å². The van der Waals surface area contributed by atoms with Crippen molar-refractivity contribution in [1.82, 2.24) is 10.2 Å². The molecule has 0 aliphatic carbocycles. The molecule has 8 heteroatoms. The summed E-state index contributed by atoms with van der Waals surface area (Å²) >= 11 is 0. The summed E-state index contributed by atoms with van der Waals surface area (Å²) in [4.78, 5) is 23.7. The van der Waals surface area contributed by atoms with Gasteiger partial charge in [-0.2, -0.15) is 5.26 Å². The van der Waals surface area contributed by atoms with Gasteiger partial charge in [0.1, 0.15) is 0 Å². The average Bonchev–Trinajstić information content (AvgIpc) is 3.15. The Morgan fingerprint density at radius 3 is 2.69 bits per heavy atom. The summed E-state index contributed by atoms with van der Waals surface area (Å²) < 4.78 is 10.2. The van der Waals surface area contributed by atoms with Crippen LogP contribution in [0.5, 0.6) is 0 Å². The zero-order valence-electron chi connectivity index (χ0n) is 13.4. The number of aromatic nitrogens is 2. The second-order valence-electron chi connectivity index (χ2n) is 5.10. The Balaban J connectivity index is 1.55. The second-order valence-corrected chi connectivity index (χ2v) is 5.10. The molecule has 0 spiro atoms. The first-order valence-electron chi connectivity index (χ1n) is 7.52. The fourth-order valence-corrected chi connectivity index (χ4v) is 2.06. The van der Waals surface area contributed by atoms with Gasteiger partial charge in [0.25, 0.3) is 5.91 Å². The van der Waals surface area contributed by atoms with Gasteiger partial charge in [0.15, 0.2) is 6.61 Å². The van der Waals surface area contributed by atoms with Gasteiger partial charge >= 0.3 is 12.0 Å². The third-order valence-corrected chi connectivity index (χ3v) is 3.25. The number of nitrogens with one attached hydrogen (secondary N) is 1. The Hall–Kier alpha value is -3.99. The minimum atomic E-state index is -0.715. The summed E-state index contributed by atoms with van der Waals surface area (Å²) in [7, 11) is 0. The largest absolute Gasteiger partial charge is 0.452 e. The molecule has 1 aromatic heterocycles. The minimum Gasteiger partial charge on any atom is -0.452 e. The summed E-state index contributed by atoms with van der Waals surface area (Å²) in [5.41, 5.74) is 1.22. The number of nitriles is 1. The number of hydrogen-bond acceptors (Lipinski definition) is 7. The molecule has 0 fully saturated rings. The summed E-state index contributed by atoms with van der Waals surface area (Å²) in [6.07, 6.45) is 0. The maximum Gasteiger partial charge on any atom is 0.338 e. The predicted molar refractivity (Wildman–Crippen MR) is 89.8 cm³/mol. The van der Waals surface area contributed by atoms with Crippen molar-refractivity contribution in [1.29, 1.82) is 5.26 Å². The van der Waals surface area contributed by atoms with E-state index in [1.165, 1.54) is 12.1 Å². The lowest BCUT2D eigenvalue weighted by Gasteiger charge is -2.04. The highest BCUT2D eigenvalue weighted by Crippen LogP contribution is 2.18. The van der Waals surface area contributed by atoms with Crippen LogP contribution in [0, 0.1) is 11.3 Å². The van der Waals surface area contributed by atoms with Gasteiger partial charge in [0.2, 0.25) is 5.89 Å². The normalized spacial score (nSPS) is 9.96. The van der Waals surface area contributed by atoms with Crippen molar-refractivity contribution in [2.45, 2.75) is 0 Å². The number of rotatable bonds is 5. The minimum absolute atomic E-state index is 0.101. The van der Waals surface area contributed by atoms with Crippen LogP contribution in [0.4, 0.5) is 6.01 Å². The summed E-state index contributed by atoms with van der Waals surface area (Å²) in [6, 6.07) is 16.9. The Kier molecular flexibility index (Phi) is 5.00. The molecular formula is C18H12N4O4. The van der Waals surface area contributed by atoms with Crippen LogP contribution in [-0.4, -0.2) is 28.7 Å². The van der Waals surface area contributed by atoms with Crippen LogP contribution in [0.3, 0.4) is 0 Å². The highest BCUT2D eigenvalue weighted by atomic mass is 16.5. The molecule has 26 heavy (non-hydrogen) atoms. The molecule has 2 aromatic carbocycles. The number of esters is 1. The van der Waals surface area contributed by atoms with E-state index < -0.39 is 18.5 Å². The fraction of sp³-hybridized carbons (Fsp3) is 0.0556. The van der Waals surface area contributed by atoms with E-state index in [1.807, 2.05) is 24.3 Å². The SMILES string of the molecule is N#Cc1cccc(C(=O)OCC(=O)Nc2nnc(-c3ccccc3)o2)c1. The molecular weight excluding hydrogens is 336 g/mol. The van der Waals surface area contributed by atoms with Gasteiger partial charge in [0, 0.05) is 5.56 Å². The zero-order valence-corrected chi connectivity index (χ0v) is 13.4. The van der Waals surface area contributed by atoms with Crippen LogP contribution < -0.4 is 5.32 Å². The van der Waals surface area contributed by atoms with E-state index in [-0.39, 0.29) is 17.5 Å². The zero-order chi connectivity index (χ0) is 18.4. The van der Waals surface area contributed by atoms with Gasteiger partial charge in [0.05, 0.1) is 17.2 Å². The molecule has 128 valence electrons. The van der Waals surface area contributed by atoms with E-state index in [9.17, 15) is 9.59 Å². The number of ether oxygens (including phenoxy) is 1. The van der Waals surface area contributed by atoms with Crippen molar-refractivity contribution in [2.24, 2.45) is 0 Å². The molecule has 0 aliphatic heterocycles. The third kappa shape index (κ3) is 4.10. The van der Waals surface area contributed by atoms with Gasteiger partial charge in [-0.3, -0.25) is 10.1 Å². The number of benzene rings is 2. The van der Waals surface area contributed by atoms with E-state index in [0.29, 0.717) is 11.1 Å². The first-order chi connectivity index (χ1) is 12.7. The van der Waals surface area contributed by atoms with Gasteiger partial charge in [-0.05, 0) is 30.3 Å². The first-order valence-corrected chi connectivity index (χ1v) is 7.52. The molecule has 1 N–H and O–H groups in total. The van der Waals surface area contributed by atoms with Crippen molar-refractivity contribution in [3.05, 3.63) is 65.7 Å². The van der Waals surface area contributed by atoms with Crippen molar-refractivity contribution in [2.75, 3.05) is 11.9 Å². The lowest BCUT2D eigenvalue weighted by molar-refractivity contribution is -0.119. The topological polar surface area (TPSA) is 118 Å². The highest BCUT2D eigenvalue weighted by Gasteiger charge is 2.14. The van der Waals surface area contributed by atoms with Gasteiger partial charge in [-0.25, -0.2) is 4.79 Å². The number of amides is 1. The lowest BCUT2D eigenvalue weighted by atomic mass is 10.1. The van der Waals surface area contributed by atoms with Gasteiger partial charge < -0.3 is 9.15 Å². The molecule has 1 heterocycles. The van der Waals surface area contributed by atoms with E-state index in [4.69, 9.17) is 14.4 Å². The summed E-state index contributed by atoms with van der Waals surface area (Å²) in [5.74, 6) is -1.09. The fourth-order valence-electron chi connectivity index (χ4n) is 2.06. The van der Waals surface area contributed by atoms with Crippen LogP contribution >= 0.6 is 0 Å². The maximum absolute atomic E-state index is 11.9. The quantitative estimate of drug-likeness (QED) is 0.703. The van der Waals surface area contributed by atoms with Gasteiger partial charge in [-0.15, -0.1) is 5.10 Å². The number of nitrogens with zero attached hydrogens (tertiary/aromatic N) is 3. The Morgan fingerprint density at radius 2 is 1.92 bits per heavy atom. The monoisotopic (exact) mass is 348 g/mol. The molecule has 0 bridgehead atoms. The van der Waals surface area contributed by atoms with Crippen LogP contribution in [0.25, 0.3) is 11.5 Å². The number of carbonyl (C=O) groups is 2. The average molecular weight is 348 g/mol. The van der Waals surface area contributed by atoms with Crippen molar-refractivity contribution >= 4 is 17.9 Å². The molecule has 0 aliphatic rings. The molecule has 0 unspecified atom stereocenters. The molecule has 3 aromatic rings. The Morgan fingerprint density at radius 1 is 1.12 bits per heavy atom. The number of hydrogen-bond donors (Lipinski definition) is 1. The second kappa shape index (κ2) is 7.72. The molecule has 0 atom stereocenters. The van der Waals surface area contributed by atoms with E-state index in [2.05, 4.69) is 15.5 Å². The predicted octanol–water partition coefficient (Wildman–Crippen LogP) is 2.40. The smallest absolute Gasteiger partial charge is 0.338 e. The maximum atomic E-state index is 11.9. The molecule has 0 radical (unpaired) electrons. The summed E-state index contributed by atoms with van der Waals surface area (Å²) in [6.45, 7) is -0.529. The van der Waals surface area contributed by atoms with Crippen molar-refractivity contribution in [3.63, 3.8) is 0 Å². The first kappa shape index (κ1) is 16.9. The van der Waals surface area contributed by atoms with Crippen LogP contribution in [0.2, 0.25) is 0 Å². The van der Waals surface area contributed by atoms with E-state index in [1.54, 1.807) is 24.3 Å². The van der Waals surface area contributed by atoms with Crippen LogP contribution in [0.15, 0.2) is 59.0 Å². The number of anilines is 1. The Labute approximate surface area is 148 Å². The molecule has 1 amide bonds. The summed E-state index contributed by atoms with van der Waals surface area (Å²) in [5, 5.41) is 18.7. The molecule has 3 rings (SSSR count).